The van der Waals surface area contributed by atoms with E-state index in [-0.39, 0.29) is 40.7 Å². The fourth-order valence-electron chi connectivity index (χ4n) is 4.61. The normalized spacial score (nSPS) is 18.6. The molecular weight excluding hydrogens is 516 g/mol. The fourth-order valence-corrected chi connectivity index (χ4v) is 5.66. The van der Waals surface area contributed by atoms with Gasteiger partial charge in [-0.3, -0.25) is 19.4 Å². The Hall–Kier alpha value is -3.47. The van der Waals surface area contributed by atoms with Crippen LogP contribution in [0.15, 0.2) is 71.9 Å². The number of ether oxygens (including phenoxy) is 1. The van der Waals surface area contributed by atoms with Crippen molar-refractivity contribution < 1.29 is 23.1 Å². The second-order valence-corrected chi connectivity index (χ2v) is 12.0. The van der Waals surface area contributed by atoms with Gasteiger partial charge in [-0.1, -0.05) is 24.6 Å². The Morgan fingerprint density at radius 1 is 1.15 bits per heavy atom. The number of aromatic nitrogens is 1. The van der Waals surface area contributed by atoms with Gasteiger partial charge in [0.05, 0.1) is 23.1 Å². The van der Waals surface area contributed by atoms with Crippen LogP contribution in [0, 0.1) is 12.8 Å². The number of fused-ring (bicyclic) bond motifs is 1. The molecule has 0 saturated carbocycles. The Kier molecular flexibility index (Phi) is 8.89. The summed E-state index contributed by atoms with van der Waals surface area (Å²) in [5.74, 6) is 0.0244. The summed E-state index contributed by atoms with van der Waals surface area (Å²) in [6.07, 6.45) is 3.27. The van der Waals surface area contributed by atoms with E-state index in [4.69, 9.17) is 4.74 Å². The minimum atomic E-state index is -3.86. The highest BCUT2D eigenvalue weighted by molar-refractivity contribution is 7.92. The highest BCUT2D eigenvalue weighted by Gasteiger charge is 2.33. The highest BCUT2D eigenvalue weighted by atomic mass is 32.2. The number of benzene rings is 2. The predicted molar refractivity (Wildman–Crippen MR) is 150 cm³/mol. The van der Waals surface area contributed by atoms with Crippen LogP contribution in [0.5, 0.6) is 5.75 Å². The second-order valence-electron chi connectivity index (χ2n) is 10.3. The summed E-state index contributed by atoms with van der Waals surface area (Å²) in [4.78, 5) is 21.7. The van der Waals surface area contributed by atoms with Gasteiger partial charge in [0.1, 0.15) is 11.9 Å². The molecule has 0 unspecified atom stereocenters. The summed E-state index contributed by atoms with van der Waals surface area (Å²) < 4.78 is 35.0. The molecule has 208 valence electrons. The van der Waals surface area contributed by atoms with E-state index in [9.17, 15) is 18.3 Å². The first-order valence-corrected chi connectivity index (χ1v) is 14.4. The lowest BCUT2D eigenvalue weighted by Crippen LogP contribution is -2.49. The number of nitrogens with zero attached hydrogens (tertiary/aromatic N) is 3. The number of aliphatic hydroxyl groups excluding tert-OH is 1. The molecule has 10 heteroatoms. The maximum absolute atomic E-state index is 13.7. The molecule has 0 aliphatic carbocycles. The molecule has 39 heavy (non-hydrogen) atoms. The molecule has 1 aliphatic rings. The number of hydrogen-bond acceptors (Lipinski definition) is 7. The molecule has 0 bridgehead atoms. The van der Waals surface area contributed by atoms with E-state index in [1.54, 1.807) is 60.6 Å². The van der Waals surface area contributed by atoms with Crippen molar-refractivity contribution >= 4 is 21.6 Å². The summed E-state index contributed by atoms with van der Waals surface area (Å²) in [6.45, 7) is 7.20. The standard InChI is InChI=1S/C29H36N4O5S/c1-20-5-8-25(9-6-20)39(36,37)31-24-7-10-27-26(15-24)29(35)33(22(3)19-34)16-21(2)28(38-27)18-32(4)17-23-11-13-30-14-12-23/h5-15,21-22,28,31,34H,16-19H2,1-4H3/t21-,22-,28+/m1/s1. The summed E-state index contributed by atoms with van der Waals surface area (Å²) in [6, 6.07) is 14.8. The average Bonchev–Trinajstić information content (AvgIpc) is 2.91. The molecule has 0 spiro atoms. The molecule has 1 aliphatic heterocycles. The Balaban J connectivity index is 1.63. The molecule has 2 aromatic carbocycles. The van der Waals surface area contributed by atoms with Gasteiger partial charge in [0.15, 0.2) is 0 Å². The van der Waals surface area contributed by atoms with Crippen LogP contribution in [0.4, 0.5) is 5.69 Å². The van der Waals surface area contributed by atoms with Crippen molar-refractivity contribution in [1.82, 2.24) is 14.8 Å². The van der Waals surface area contributed by atoms with Gasteiger partial charge in [0, 0.05) is 43.6 Å². The van der Waals surface area contributed by atoms with Gasteiger partial charge in [-0.05, 0) is 68.9 Å². The van der Waals surface area contributed by atoms with E-state index >= 15 is 0 Å². The Bertz CT molecular complexity index is 1380. The first kappa shape index (κ1) is 28.5. The Morgan fingerprint density at radius 3 is 2.51 bits per heavy atom. The van der Waals surface area contributed by atoms with Crippen LogP contribution < -0.4 is 9.46 Å². The smallest absolute Gasteiger partial charge is 0.261 e. The number of hydrogen-bond donors (Lipinski definition) is 2. The maximum atomic E-state index is 13.7. The Labute approximate surface area is 230 Å². The zero-order valence-electron chi connectivity index (χ0n) is 22.7. The van der Waals surface area contributed by atoms with Crippen LogP contribution in [0.2, 0.25) is 0 Å². The van der Waals surface area contributed by atoms with Gasteiger partial charge in [0.2, 0.25) is 0 Å². The van der Waals surface area contributed by atoms with Crippen molar-refractivity contribution in [2.45, 2.75) is 44.4 Å². The molecule has 0 radical (unpaired) electrons. The lowest BCUT2D eigenvalue weighted by molar-refractivity contribution is 0.0341. The lowest BCUT2D eigenvalue weighted by atomic mass is 9.99. The average molecular weight is 553 g/mol. The van der Waals surface area contributed by atoms with Crippen LogP contribution in [0.1, 0.15) is 35.3 Å². The summed E-state index contributed by atoms with van der Waals surface area (Å²) in [5.41, 5.74) is 2.57. The van der Waals surface area contributed by atoms with E-state index < -0.39 is 16.1 Å². The quantitative estimate of drug-likeness (QED) is 0.418. The van der Waals surface area contributed by atoms with Crippen LogP contribution in [-0.4, -0.2) is 73.1 Å². The molecule has 2 heterocycles. The number of aryl methyl sites for hydroxylation is 1. The minimum Gasteiger partial charge on any atom is -0.488 e. The third-order valence-electron chi connectivity index (χ3n) is 6.94. The number of amides is 1. The van der Waals surface area contributed by atoms with E-state index in [2.05, 4.69) is 14.6 Å². The first-order valence-electron chi connectivity index (χ1n) is 13.0. The molecule has 3 atom stereocenters. The third-order valence-corrected chi connectivity index (χ3v) is 8.34. The van der Waals surface area contributed by atoms with E-state index in [0.717, 1.165) is 11.1 Å². The number of nitrogens with one attached hydrogen (secondary N) is 1. The Morgan fingerprint density at radius 2 is 1.85 bits per heavy atom. The molecule has 0 fully saturated rings. The zero-order valence-corrected chi connectivity index (χ0v) is 23.6. The molecule has 9 nitrogen and oxygen atoms in total. The summed E-state index contributed by atoms with van der Waals surface area (Å²) in [7, 11) is -1.84. The number of pyridine rings is 1. The number of carbonyl (C=O) groups is 1. The van der Waals surface area contributed by atoms with Gasteiger partial charge in [-0.2, -0.15) is 0 Å². The number of anilines is 1. The van der Waals surface area contributed by atoms with Crippen molar-refractivity contribution in [1.29, 1.82) is 0 Å². The largest absolute Gasteiger partial charge is 0.488 e. The highest BCUT2D eigenvalue weighted by Crippen LogP contribution is 2.31. The van der Waals surface area contributed by atoms with E-state index in [1.807, 2.05) is 33.0 Å². The lowest BCUT2D eigenvalue weighted by Gasteiger charge is -2.38. The molecule has 1 aromatic heterocycles. The van der Waals surface area contributed by atoms with Gasteiger partial charge in [-0.15, -0.1) is 0 Å². The van der Waals surface area contributed by atoms with E-state index in [1.165, 1.54) is 6.07 Å². The van der Waals surface area contributed by atoms with Gasteiger partial charge in [-0.25, -0.2) is 8.42 Å². The second kappa shape index (κ2) is 12.1. The minimum absolute atomic E-state index is 0.0318. The fraction of sp³-hybridized carbons (Fsp3) is 0.379. The number of carbonyl (C=O) groups excluding carboxylic acids is 1. The van der Waals surface area contributed by atoms with Crippen LogP contribution in [-0.2, 0) is 16.6 Å². The maximum Gasteiger partial charge on any atom is 0.261 e. The number of likely N-dealkylation sites (N-methyl/N-ethyl adjacent to an activating group) is 1. The summed E-state index contributed by atoms with van der Waals surface area (Å²) >= 11 is 0. The van der Waals surface area contributed by atoms with Crippen molar-refractivity contribution in [2.75, 3.05) is 31.5 Å². The topological polar surface area (TPSA) is 112 Å². The predicted octanol–water partition coefficient (Wildman–Crippen LogP) is 3.54. The monoisotopic (exact) mass is 552 g/mol. The molecular formula is C29H36N4O5S. The molecule has 2 N–H and O–H groups in total. The van der Waals surface area contributed by atoms with Crippen LogP contribution in [0.25, 0.3) is 0 Å². The number of sulfonamides is 1. The van der Waals surface area contributed by atoms with Gasteiger partial charge >= 0.3 is 0 Å². The summed E-state index contributed by atoms with van der Waals surface area (Å²) in [5, 5.41) is 9.90. The van der Waals surface area contributed by atoms with Crippen molar-refractivity contribution in [3.63, 3.8) is 0 Å². The third kappa shape index (κ3) is 6.95. The van der Waals surface area contributed by atoms with Gasteiger partial charge in [0.25, 0.3) is 15.9 Å². The van der Waals surface area contributed by atoms with Gasteiger partial charge < -0.3 is 14.7 Å². The number of aliphatic hydroxyl groups is 1. The molecule has 3 aromatic rings. The number of rotatable bonds is 9. The zero-order chi connectivity index (χ0) is 28.2. The van der Waals surface area contributed by atoms with Crippen LogP contribution in [0.3, 0.4) is 0 Å². The molecule has 0 saturated heterocycles. The van der Waals surface area contributed by atoms with Crippen molar-refractivity contribution in [3.8, 4) is 5.75 Å². The SMILES string of the molecule is Cc1ccc(S(=O)(=O)Nc2ccc3c(c2)C(=O)N([C@H](C)CO)C[C@@H](C)[C@H](CN(C)Cc2ccncc2)O3)cc1. The molecule has 4 rings (SSSR count). The van der Waals surface area contributed by atoms with Crippen molar-refractivity contribution in [2.24, 2.45) is 5.92 Å². The first-order chi connectivity index (χ1) is 18.6. The molecule has 1 amide bonds. The van der Waals surface area contributed by atoms with Crippen LogP contribution >= 0.6 is 0 Å². The van der Waals surface area contributed by atoms with E-state index in [0.29, 0.717) is 25.4 Å². The van der Waals surface area contributed by atoms with Crippen molar-refractivity contribution in [3.05, 3.63) is 83.7 Å².